The maximum Gasteiger partial charge on any atom is 0.306 e. The highest BCUT2D eigenvalue weighted by molar-refractivity contribution is 6.42. The van der Waals surface area contributed by atoms with Gasteiger partial charge in [0.2, 0.25) is 5.91 Å². The van der Waals surface area contributed by atoms with Crippen LogP contribution in [0.3, 0.4) is 0 Å². The van der Waals surface area contributed by atoms with Gasteiger partial charge in [-0.3, -0.25) is 9.59 Å². The molecular formula is C14H16Cl3NO3. The highest BCUT2D eigenvalue weighted by Gasteiger charge is 2.18. The van der Waals surface area contributed by atoms with Crippen molar-refractivity contribution in [2.24, 2.45) is 0 Å². The Labute approximate surface area is 138 Å². The molecule has 0 atom stereocenters. The Balaban J connectivity index is 2.57. The number of carbonyl (C=O) groups excluding carboxylic acids is 2. The van der Waals surface area contributed by atoms with Gasteiger partial charge in [-0.1, -0.05) is 34.8 Å². The van der Waals surface area contributed by atoms with E-state index < -0.39 is 11.6 Å². The fourth-order valence-corrected chi connectivity index (χ4v) is 2.38. The van der Waals surface area contributed by atoms with Gasteiger partial charge in [0.25, 0.3) is 0 Å². The van der Waals surface area contributed by atoms with E-state index in [1.165, 1.54) is 12.1 Å². The Kier molecular flexibility index (Phi) is 6.32. The van der Waals surface area contributed by atoms with Crippen LogP contribution >= 0.6 is 34.8 Å². The lowest BCUT2D eigenvalue weighted by atomic mass is 10.2. The van der Waals surface area contributed by atoms with Crippen molar-refractivity contribution in [3.05, 3.63) is 27.2 Å². The summed E-state index contributed by atoms with van der Waals surface area (Å²) in [5, 5.41) is 3.40. The molecule has 0 fully saturated rings. The first kappa shape index (κ1) is 18.1. The molecule has 0 aliphatic rings. The summed E-state index contributed by atoms with van der Waals surface area (Å²) in [4.78, 5) is 23.3. The number of hydrogen-bond donors (Lipinski definition) is 1. The zero-order valence-electron chi connectivity index (χ0n) is 11.9. The minimum Gasteiger partial charge on any atom is -0.460 e. The molecule has 4 nitrogen and oxygen atoms in total. The molecule has 0 saturated carbocycles. The largest absolute Gasteiger partial charge is 0.460 e. The molecule has 0 aromatic heterocycles. The number of hydrogen-bond acceptors (Lipinski definition) is 3. The monoisotopic (exact) mass is 351 g/mol. The van der Waals surface area contributed by atoms with Crippen LogP contribution in [-0.2, 0) is 14.3 Å². The smallest absolute Gasteiger partial charge is 0.306 e. The first-order valence-electron chi connectivity index (χ1n) is 6.25. The van der Waals surface area contributed by atoms with Crippen LogP contribution in [0.1, 0.15) is 33.6 Å². The molecule has 1 aromatic rings. The molecule has 116 valence electrons. The highest BCUT2D eigenvalue weighted by atomic mass is 35.5. The van der Waals surface area contributed by atoms with Crippen molar-refractivity contribution < 1.29 is 14.3 Å². The van der Waals surface area contributed by atoms with E-state index >= 15 is 0 Å². The van der Waals surface area contributed by atoms with Crippen LogP contribution in [0.25, 0.3) is 0 Å². The van der Waals surface area contributed by atoms with Gasteiger partial charge in [0, 0.05) is 11.4 Å². The van der Waals surface area contributed by atoms with E-state index in [0.717, 1.165) is 0 Å². The van der Waals surface area contributed by atoms with Crippen LogP contribution in [0.4, 0.5) is 5.69 Å². The second-order valence-electron chi connectivity index (χ2n) is 5.38. The second-order valence-corrected chi connectivity index (χ2v) is 6.63. The third kappa shape index (κ3) is 6.55. The maximum absolute atomic E-state index is 11.8. The number of carbonyl (C=O) groups is 2. The van der Waals surface area contributed by atoms with Gasteiger partial charge in [0.1, 0.15) is 5.60 Å². The predicted octanol–water partition coefficient (Wildman–Crippen LogP) is 4.71. The van der Waals surface area contributed by atoms with E-state index in [1.807, 2.05) is 0 Å². The molecule has 0 saturated heterocycles. The van der Waals surface area contributed by atoms with Gasteiger partial charge in [0.15, 0.2) is 0 Å². The van der Waals surface area contributed by atoms with Gasteiger partial charge < -0.3 is 10.1 Å². The summed E-state index contributed by atoms with van der Waals surface area (Å²) in [6.45, 7) is 5.29. The van der Waals surface area contributed by atoms with E-state index in [0.29, 0.717) is 5.02 Å². The van der Waals surface area contributed by atoms with E-state index in [1.54, 1.807) is 20.8 Å². The van der Waals surface area contributed by atoms with Crippen molar-refractivity contribution >= 4 is 52.4 Å². The van der Waals surface area contributed by atoms with Crippen molar-refractivity contribution in [3.8, 4) is 0 Å². The highest BCUT2D eigenvalue weighted by Crippen LogP contribution is 2.33. The molecule has 21 heavy (non-hydrogen) atoms. The van der Waals surface area contributed by atoms with Gasteiger partial charge in [-0.05, 0) is 32.9 Å². The molecule has 1 rings (SSSR count). The summed E-state index contributed by atoms with van der Waals surface area (Å²) in [6.07, 6.45) is -0.0455. The minimum absolute atomic E-state index is 0.0219. The molecule has 1 aromatic carbocycles. The molecule has 0 bridgehead atoms. The second kappa shape index (κ2) is 7.34. The van der Waals surface area contributed by atoms with Crippen LogP contribution < -0.4 is 5.32 Å². The number of halogens is 3. The van der Waals surface area contributed by atoms with Crippen molar-refractivity contribution in [3.63, 3.8) is 0 Å². The van der Waals surface area contributed by atoms with Crippen molar-refractivity contribution in [2.45, 2.75) is 39.2 Å². The molecule has 0 aliphatic carbocycles. The third-order valence-electron chi connectivity index (χ3n) is 2.25. The zero-order valence-corrected chi connectivity index (χ0v) is 14.2. The lowest BCUT2D eigenvalue weighted by Gasteiger charge is -2.19. The van der Waals surface area contributed by atoms with Gasteiger partial charge >= 0.3 is 5.97 Å². The summed E-state index contributed by atoms with van der Waals surface area (Å²) < 4.78 is 5.11. The Bertz CT molecular complexity index is 530. The Hall–Kier alpha value is -0.970. The van der Waals surface area contributed by atoms with Crippen LogP contribution in [-0.4, -0.2) is 17.5 Å². The normalized spacial score (nSPS) is 11.1. The summed E-state index contributed by atoms with van der Waals surface area (Å²) in [7, 11) is 0. The Morgan fingerprint density at radius 3 is 2.10 bits per heavy atom. The molecule has 1 N–H and O–H groups in total. The summed E-state index contributed by atoms with van der Waals surface area (Å²) in [6, 6.07) is 2.94. The van der Waals surface area contributed by atoms with Gasteiger partial charge in [-0.2, -0.15) is 0 Å². The fourth-order valence-electron chi connectivity index (χ4n) is 1.47. The molecule has 0 aliphatic heterocycles. The van der Waals surface area contributed by atoms with E-state index in [9.17, 15) is 9.59 Å². The molecule has 7 heteroatoms. The van der Waals surface area contributed by atoms with Crippen LogP contribution in [0.15, 0.2) is 12.1 Å². The number of esters is 1. The van der Waals surface area contributed by atoms with E-state index in [-0.39, 0.29) is 34.5 Å². The topological polar surface area (TPSA) is 55.4 Å². The summed E-state index contributed by atoms with van der Waals surface area (Å²) >= 11 is 17.7. The maximum atomic E-state index is 11.8. The van der Waals surface area contributed by atoms with Crippen molar-refractivity contribution in [2.75, 3.05) is 5.32 Å². The number of nitrogens with one attached hydrogen (secondary N) is 1. The van der Waals surface area contributed by atoms with Crippen molar-refractivity contribution in [1.29, 1.82) is 0 Å². The van der Waals surface area contributed by atoms with Crippen LogP contribution in [0.5, 0.6) is 0 Å². The molecule has 0 spiro atoms. The number of rotatable bonds is 4. The Morgan fingerprint density at radius 2 is 1.62 bits per heavy atom. The predicted molar refractivity (Wildman–Crippen MR) is 85.2 cm³/mol. The summed E-state index contributed by atoms with van der Waals surface area (Å²) in [5.74, 6) is -0.821. The van der Waals surface area contributed by atoms with E-state index in [4.69, 9.17) is 39.5 Å². The standard InChI is InChI=1S/C14H16Cl3NO3/c1-14(2,3)21-12(20)5-4-11(19)18-13-9(16)6-8(15)7-10(13)17/h6-7H,4-5H2,1-3H3,(H,18,19). The van der Waals surface area contributed by atoms with Crippen molar-refractivity contribution in [1.82, 2.24) is 0 Å². The SMILES string of the molecule is CC(C)(C)OC(=O)CCC(=O)Nc1c(Cl)cc(Cl)cc1Cl. The Morgan fingerprint density at radius 1 is 1.10 bits per heavy atom. The van der Waals surface area contributed by atoms with Gasteiger partial charge in [-0.25, -0.2) is 0 Å². The molecular weight excluding hydrogens is 337 g/mol. The minimum atomic E-state index is -0.573. The molecule has 0 heterocycles. The molecule has 1 amide bonds. The number of anilines is 1. The summed E-state index contributed by atoms with van der Waals surface area (Å²) in [5.41, 5.74) is -0.298. The lowest BCUT2D eigenvalue weighted by molar-refractivity contribution is -0.155. The van der Waals surface area contributed by atoms with E-state index in [2.05, 4.69) is 5.32 Å². The van der Waals surface area contributed by atoms with Gasteiger partial charge in [-0.15, -0.1) is 0 Å². The van der Waals surface area contributed by atoms with Crippen LogP contribution in [0, 0.1) is 0 Å². The number of benzene rings is 1. The first-order chi connectivity index (χ1) is 9.58. The zero-order chi connectivity index (χ0) is 16.2. The number of ether oxygens (including phenoxy) is 1. The first-order valence-corrected chi connectivity index (χ1v) is 7.38. The quantitative estimate of drug-likeness (QED) is 0.799. The lowest BCUT2D eigenvalue weighted by Crippen LogP contribution is -2.24. The average molecular weight is 353 g/mol. The average Bonchev–Trinajstić information content (AvgIpc) is 2.29. The van der Waals surface area contributed by atoms with Gasteiger partial charge in [0.05, 0.1) is 22.2 Å². The van der Waals surface area contributed by atoms with Crippen LogP contribution in [0.2, 0.25) is 15.1 Å². The third-order valence-corrected chi connectivity index (χ3v) is 3.06. The molecule has 0 unspecified atom stereocenters. The fraction of sp³-hybridized carbons (Fsp3) is 0.429. The number of amides is 1. The molecule has 0 radical (unpaired) electrons.